The van der Waals surface area contributed by atoms with Gasteiger partial charge in [0.2, 0.25) is 0 Å². The van der Waals surface area contributed by atoms with Gasteiger partial charge in [-0.25, -0.2) is 4.39 Å². The first-order valence-corrected chi connectivity index (χ1v) is 9.22. The van der Waals surface area contributed by atoms with E-state index in [1.54, 1.807) is 6.07 Å². The Bertz CT molecular complexity index is 793. The highest BCUT2D eigenvalue weighted by Crippen LogP contribution is 2.25. The zero-order valence-corrected chi connectivity index (χ0v) is 14.7. The molecule has 1 saturated heterocycles. The third kappa shape index (κ3) is 3.25. The fraction of sp³-hybridized carbons (Fsp3) is 0.500. The van der Waals surface area contributed by atoms with Crippen molar-refractivity contribution in [2.75, 3.05) is 26.2 Å². The second kappa shape index (κ2) is 6.71. The van der Waals surface area contributed by atoms with Crippen LogP contribution in [0.2, 0.25) is 0 Å². The maximum Gasteiger partial charge on any atom is 0.255 e. The molecule has 0 radical (unpaired) electrons. The van der Waals surface area contributed by atoms with Crippen molar-refractivity contribution >= 4 is 16.8 Å². The molecular weight excluding hydrogens is 317 g/mol. The lowest BCUT2D eigenvalue weighted by molar-refractivity contribution is 0.0572. The lowest BCUT2D eigenvalue weighted by Gasteiger charge is -2.38. The Morgan fingerprint density at radius 1 is 1.12 bits per heavy atom. The van der Waals surface area contributed by atoms with Gasteiger partial charge in [0.15, 0.2) is 0 Å². The van der Waals surface area contributed by atoms with Crippen molar-refractivity contribution < 1.29 is 9.18 Å². The van der Waals surface area contributed by atoms with Gasteiger partial charge in [-0.15, -0.1) is 0 Å². The average Bonchev–Trinajstić information content (AvgIpc) is 3.15. The molecule has 25 heavy (non-hydrogen) atoms. The van der Waals surface area contributed by atoms with Gasteiger partial charge in [-0.3, -0.25) is 14.7 Å². The third-order valence-electron chi connectivity index (χ3n) is 5.64. The summed E-state index contributed by atoms with van der Waals surface area (Å²) < 4.78 is 13.4. The van der Waals surface area contributed by atoms with E-state index in [1.165, 1.54) is 37.8 Å². The standard InChI is InChI=1S/C20H24FN3O/c1-14-18(12-15-6-7-16(21)13-19(15)22-14)20(25)24-10-8-23(9-11-24)17-4-2-3-5-17/h6-7,12-13,17H,2-5,8-11H2,1H3. The first-order valence-electron chi connectivity index (χ1n) is 9.22. The average molecular weight is 341 g/mol. The number of hydrogen-bond acceptors (Lipinski definition) is 3. The van der Waals surface area contributed by atoms with E-state index >= 15 is 0 Å². The molecule has 1 aliphatic carbocycles. The third-order valence-corrected chi connectivity index (χ3v) is 5.64. The van der Waals surface area contributed by atoms with E-state index in [0.29, 0.717) is 16.8 Å². The number of amides is 1. The Balaban J connectivity index is 1.50. The van der Waals surface area contributed by atoms with E-state index in [0.717, 1.165) is 37.6 Å². The molecule has 1 aromatic carbocycles. The van der Waals surface area contributed by atoms with Crippen LogP contribution in [-0.4, -0.2) is 52.9 Å². The van der Waals surface area contributed by atoms with Crippen LogP contribution in [-0.2, 0) is 0 Å². The zero-order valence-electron chi connectivity index (χ0n) is 14.7. The van der Waals surface area contributed by atoms with E-state index in [-0.39, 0.29) is 11.7 Å². The predicted octanol–water partition coefficient (Wildman–Crippen LogP) is 3.38. The number of piperazine rings is 1. The summed E-state index contributed by atoms with van der Waals surface area (Å²) in [7, 11) is 0. The van der Waals surface area contributed by atoms with E-state index in [1.807, 2.05) is 17.9 Å². The summed E-state index contributed by atoms with van der Waals surface area (Å²) in [6, 6.07) is 7.08. The maximum absolute atomic E-state index is 13.4. The largest absolute Gasteiger partial charge is 0.336 e. The molecular formula is C20H24FN3O. The molecule has 1 aromatic heterocycles. The van der Waals surface area contributed by atoms with Crippen LogP contribution in [0.4, 0.5) is 4.39 Å². The van der Waals surface area contributed by atoms with Crippen molar-refractivity contribution in [1.82, 2.24) is 14.8 Å². The first kappa shape index (κ1) is 16.5. The van der Waals surface area contributed by atoms with Gasteiger partial charge in [0.1, 0.15) is 5.82 Å². The molecule has 0 unspecified atom stereocenters. The van der Waals surface area contributed by atoms with E-state index in [9.17, 15) is 9.18 Å². The van der Waals surface area contributed by atoms with Gasteiger partial charge >= 0.3 is 0 Å². The van der Waals surface area contributed by atoms with Gasteiger partial charge in [0.05, 0.1) is 16.8 Å². The summed E-state index contributed by atoms with van der Waals surface area (Å²) in [5.41, 5.74) is 1.90. The smallest absolute Gasteiger partial charge is 0.255 e. The SMILES string of the molecule is Cc1nc2cc(F)ccc2cc1C(=O)N1CCN(C2CCCC2)CC1. The van der Waals surface area contributed by atoms with Crippen LogP contribution in [0.3, 0.4) is 0 Å². The Morgan fingerprint density at radius 3 is 2.56 bits per heavy atom. The van der Waals surface area contributed by atoms with Gasteiger partial charge in [-0.1, -0.05) is 12.8 Å². The van der Waals surface area contributed by atoms with Gasteiger partial charge in [-0.2, -0.15) is 0 Å². The lowest BCUT2D eigenvalue weighted by atomic mass is 10.1. The lowest BCUT2D eigenvalue weighted by Crippen LogP contribution is -2.51. The van der Waals surface area contributed by atoms with Gasteiger partial charge in [-0.05, 0) is 38.0 Å². The highest BCUT2D eigenvalue weighted by molar-refractivity contribution is 5.98. The number of rotatable bonds is 2. The molecule has 0 N–H and O–H groups in total. The van der Waals surface area contributed by atoms with Gasteiger partial charge in [0.25, 0.3) is 5.91 Å². The number of nitrogens with zero attached hydrogens (tertiary/aromatic N) is 3. The maximum atomic E-state index is 13.4. The van der Waals surface area contributed by atoms with Crippen LogP contribution in [0, 0.1) is 12.7 Å². The molecule has 1 saturated carbocycles. The molecule has 0 bridgehead atoms. The minimum atomic E-state index is -0.304. The molecule has 2 aromatic rings. The Hall–Kier alpha value is -2.01. The monoisotopic (exact) mass is 341 g/mol. The second-order valence-corrected chi connectivity index (χ2v) is 7.22. The molecule has 4 nitrogen and oxygen atoms in total. The number of halogens is 1. The van der Waals surface area contributed by atoms with Crippen LogP contribution in [0.15, 0.2) is 24.3 Å². The molecule has 132 valence electrons. The summed E-state index contributed by atoms with van der Waals surface area (Å²) in [4.78, 5) is 21.9. The molecule has 1 aliphatic heterocycles. The van der Waals surface area contributed by atoms with Gasteiger partial charge in [0, 0.05) is 43.7 Å². The molecule has 2 heterocycles. The minimum Gasteiger partial charge on any atom is -0.336 e. The van der Waals surface area contributed by atoms with Crippen molar-refractivity contribution in [3.05, 3.63) is 41.3 Å². The van der Waals surface area contributed by atoms with Crippen LogP contribution in [0.25, 0.3) is 10.9 Å². The topological polar surface area (TPSA) is 36.4 Å². The Labute approximate surface area is 147 Å². The number of carbonyl (C=O) groups is 1. The number of benzene rings is 1. The number of hydrogen-bond donors (Lipinski definition) is 0. The number of carbonyl (C=O) groups excluding carboxylic acids is 1. The molecule has 5 heteroatoms. The number of aromatic nitrogens is 1. The van der Waals surface area contributed by atoms with Crippen LogP contribution >= 0.6 is 0 Å². The van der Waals surface area contributed by atoms with Crippen molar-refractivity contribution in [3.8, 4) is 0 Å². The second-order valence-electron chi connectivity index (χ2n) is 7.22. The van der Waals surface area contributed by atoms with Crippen LogP contribution < -0.4 is 0 Å². The predicted molar refractivity (Wildman–Crippen MR) is 96.2 cm³/mol. The number of pyridine rings is 1. The summed E-state index contributed by atoms with van der Waals surface area (Å²) in [5, 5.41) is 0.806. The quantitative estimate of drug-likeness (QED) is 0.840. The Morgan fingerprint density at radius 2 is 1.84 bits per heavy atom. The van der Waals surface area contributed by atoms with E-state index in [4.69, 9.17) is 0 Å². The van der Waals surface area contributed by atoms with Crippen molar-refractivity contribution in [3.63, 3.8) is 0 Å². The molecule has 0 atom stereocenters. The fourth-order valence-electron chi connectivity index (χ4n) is 4.18. The summed E-state index contributed by atoms with van der Waals surface area (Å²) >= 11 is 0. The van der Waals surface area contributed by atoms with Gasteiger partial charge < -0.3 is 4.90 Å². The van der Waals surface area contributed by atoms with Crippen LogP contribution in [0.5, 0.6) is 0 Å². The summed E-state index contributed by atoms with van der Waals surface area (Å²) in [6.45, 7) is 5.29. The van der Waals surface area contributed by atoms with Crippen molar-refractivity contribution in [2.45, 2.75) is 38.6 Å². The first-order chi connectivity index (χ1) is 12.1. The van der Waals surface area contributed by atoms with E-state index in [2.05, 4.69) is 9.88 Å². The van der Waals surface area contributed by atoms with Crippen molar-refractivity contribution in [1.29, 1.82) is 0 Å². The summed E-state index contributed by atoms with van der Waals surface area (Å²) in [6.07, 6.45) is 5.29. The Kier molecular flexibility index (Phi) is 4.42. The number of aryl methyl sites for hydroxylation is 1. The fourth-order valence-corrected chi connectivity index (χ4v) is 4.18. The normalized spacial score (nSPS) is 19.7. The molecule has 0 spiro atoms. The zero-order chi connectivity index (χ0) is 17.4. The molecule has 4 rings (SSSR count). The van der Waals surface area contributed by atoms with Crippen LogP contribution in [0.1, 0.15) is 41.7 Å². The number of fused-ring (bicyclic) bond motifs is 1. The molecule has 1 amide bonds. The highest BCUT2D eigenvalue weighted by Gasteiger charge is 2.28. The highest BCUT2D eigenvalue weighted by atomic mass is 19.1. The van der Waals surface area contributed by atoms with E-state index < -0.39 is 0 Å². The summed E-state index contributed by atoms with van der Waals surface area (Å²) in [5.74, 6) is -0.260. The van der Waals surface area contributed by atoms with Crippen molar-refractivity contribution in [2.24, 2.45) is 0 Å². The molecule has 2 fully saturated rings. The minimum absolute atomic E-state index is 0.0438. The molecule has 2 aliphatic rings.